The number of hydrogen-bond donors (Lipinski definition) is 3. The lowest BCUT2D eigenvalue weighted by atomic mass is 9.99. The van der Waals surface area contributed by atoms with Gasteiger partial charge in [-0.15, -0.1) is 0 Å². The van der Waals surface area contributed by atoms with Crippen LogP contribution in [-0.4, -0.2) is 63.1 Å². The average molecular weight is 372 g/mol. The Morgan fingerprint density at radius 3 is 2.68 bits per heavy atom. The molecular formula is C16H18ClNO7. The lowest BCUT2D eigenvalue weighted by Crippen LogP contribution is -2.60. The summed E-state index contributed by atoms with van der Waals surface area (Å²) in [4.78, 5) is 12.0. The topological polar surface area (TPSA) is 110 Å². The number of nitrogens with zero attached hydrogens (tertiary/aromatic N) is 1. The normalized spacial score (nSPS) is 29.7. The maximum atomic E-state index is 12.0. The van der Waals surface area contributed by atoms with Gasteiger partial charge >= 0.3 is 0 Å². The quantitative estimate of drug-likeness (QED) is 0.724. The molecule has 1 fully saturated rings. The summed E-state index contributed by atoms with van der Waals surface area (Å²) in [7, 11) is 0. The minimum absolute atomic E-state index is 0.136. The first-order valence-electron chi connectivity index (χ1n) is 7.65. The van der Waals surface area contributed by atoms with Crippen LogP contribution in [0.25, 0.3) is 10.9 Å². The number of hydrogen-bond acceptors (Lipinski definition) is 7. The van der Waals surface area contributed by atoms with Crippen molar-refractivity contribution in [2.45, 2.75) is 37.6 Å². The smallest absolute Gasteiger partial charge is 0.230 e. The Labute approximate surface area is 148 Å². The molecule has 3 rings (SSSR count). The van der Waals surface area contributed by atoms with Crippen molar-refractivity contribution in [3.05, 3.63) is 30.3 Å². The summed E-state index contributed by atoms with van der Waals surface area (Å²) >= 11 is 5.19. The Bertz CT molecular complexity index is 764. The molecule has 5 atom stereocenters. The predicted molar refractivity (Wildman–Crippen MR) is 87.4 cm³/mol. The van der Waals surface area contributed by atoms with E-state index in [0.29, 0.717) is 5.52 Å². The van der Waals surface area contributed by atoms with E-state index in [0.717, 1.165) is 5.39 Å². The molecule has 0 aliphatic carbocycles. The third-order valence-electron chi connectivity index (χ3n) is 4.14. The fourth-order valence-electron chi connectivity index (χ4n) is 2.94. The minimum Gasteiger partial charge on any atom is -0.469 e. The highest BCUT2D eigenvalue weighted by Crippen LogP contribution is 2.30. The van der Waals surface area contributed by atoms with E-state index in [1.165, 1.54) is 11.5 Å². The number of benzene rings is 1. The van der Waals surface area contributed by atoms with Gasteiger partial charge in [-0.25, -0.2) is 0 Å². The van der Waals surface area contributed by atoms with Crippen molar-refractivity contribution in [1.82, 2.24) is 4.57 Å². The van der Waals surface area contributed by atoms with E-state index in [-0.39, 0.29) is 18.4 Å². The van der Waals surface area contributed by atoms with Gasteiger partial charge in [-0.3, -0.25) is 13.7 Å². The Balaban J connectivity index is 1.96. The number of rotatable bonds is 4. The van der Waals surface area contributed by atoms with Gasteiger partial charge < -0.3 is 24.8 Å². The molecule has 1 saturated heterocycles. The molecule has 0 radical (unpaired) electrons. The molecule has 0 spiro atoms. The van der Waals surface area contributed by atoms with Crippen molar-refractivity contribution < 1.29 is 33.9 Å². The molecule has 2 aromatic rings. The van der Waals surface area contributed by atoms with E-state index in [1.54, 1.807) is 24.3 Å². The van der Waals surface area contributed by atoms with Crippen LogP contribution in [0.4, 0.5) is 0 Å². The minimum atomic E-state index is -1.60. The van der Waals surface area contributed by atoms with Gasteiger partial charge in [-0.2, -0.15) is 0 Å². The molecule has 1 aliphatic rings. The fraction of sp³-hybridized carbons (Fsp3) is 0.438. The molecule has 3 N–H and O–H groups in total. The summed E-state index contributed by atoms with van der Waals surface area (Å²) in [5.41, 5.74) is 0.627. The fourth-order valence-corrected chi connectivity index (χ4v) is 3.06. The zero-order chi connectivity index (χ0) is 18.1. The Morgan fingerprint density at radius 2 is 2.00 bits per heavy atom. The average Bonchev–Trinajstić information content (AvgIpc) is 2.95. The molecule has 0 bridgehead atoms. The van der Waals surface area contributed by atoms with Crippen molar-refractivity contribution >= 4 is 28.7 Å². The van der Waals surface area contributed by atoms with Crippen molar-refractivity contribution in [3.63, 3.8) is 0 Å². The highest BCUT2D eigenvalue weighted by atomic mass is 35.5. The van der Waals surface area contributed by atoms with Crippen LogP contribution < -0.4 is 4.74 Å². The van der Waals surface area contributed by atoms with E-state index < -0.39 is 30.7 Å². The summed E-state index contributed by atoms with van der Waals surface area (Å²) in [5.74, 6) is -0.162. The van der Waals surface area contributed by atoms with Crippen LogP contribution in [0.1, 0.15) is 11.7 Å². The lowest BCUT2D eigenvalue weighted by molar-refractivity contribution is -0.281. The molecule has 136 valence electrons. The number of fused-ring (bicyclic) bond motifs is 1. The standard InChI is InChI=1S/C16H18ClNO7/c1-8(19)18-10-5-3-2-4-9(10)6-12(18)25-15-13(20)11(7-23-17)24-16(22)14(15)21/h2-6,11,13-16,20-22H,7H2,1H3/t11-,13+,14-,15+,16-/m1/s1. The first kappa shape index (κ1) is 18.1. The highest BCUT2D eigenvalue weighted by Gasteiger charge is 2.46. The predicted octanol–water partition coefficient (Wildman–Crippen LogP) is 0.658. The zero-order valence-electron chi connectivity index (χ0n) is 13.3. The summed E-state index contributed by atoms with van der Waals surface area (Å²) in [6.45, 7) is 1.15. The molecule has 0 unspecified atom stereocenters. The summed E-state index contributed by atoms with van der Waals surface area (Å²) < 4.78 is 16.5. The first-order chi connectivity index (χ1) is 11.9. The molecular weight excluding hydrogens is 354 g/mol. The van der Waals surface area contributed by atoms with Crippen LogP contribution >= 0.6 is 11.9 Å². The van der Waals surface area contributed by atoms with Crippen LogP contribution in [0.5, 0.6) is 5.88 Å². The van der Waals surface area contributed by atoms with E-state index in [1.807, 2.05) is 6.07 Å². The monoisotopic (exact) mass is 371 g/mol. The number of para-hydroxylation sites is 1. The second-order valence-corrected chi connectivity index (χ2v) is 6.02. The summed E-state index contributed by atoms with van der Waals surface area (Å²) in [5, 5.41) is 31.1. The third kappa shape index (κ3) is 3.37. The summed E-state index contributed by atoms with van der Waals surface area (Å²) in [6, 6.07) is 8.76. The van der Waals surface area contributed by atoms with Crippen LogP contribution in [0.3, 0.4) is 0 Å². The van der Waals surface area contributed by atoms with Gasteiger partial charge in [0.05, 0.1) is 24.0 Å². The number of halogens is 1. The number of carbonyl (C=O) groups excluding carboxylic acids is 1. The Kier molecular flexibility index (Phi) is 5.28. The van der Waals surface area contributed by atoms with E-state index >= 15 is 0 Å². The number of aliphatic hydroxyl groups excluding tert-OH is 3. The summed E-state index contributed by atoms with van der Waals surface area (Å²) in [6.07, 6.45) is -6.71. The number of aliphatic hydroxyl groups is 3. The Hall–Kier alpha value is -1.68. The van der Waals surface area contributed by atoms with Gasteiger partial charge in [0.1, 0.15) is 18.3 Å². The molecule has 25 heavy (non-hydrogen) atoms. The molecule has 1 aliphatic heterocycles. The third-order valence-corrected chi connectivity index (χ3v) is 4.26. The van der Waals surface area contributed by atoms with Gasteiger partial charge in [-0.05, 0) is 6.07 Å². The van der Waals surface area contributed by atoms with Gasteiger partial charge in [0, 0.05) is 18.4 Å². The molecule has 1 aromatic heterocycles. The molecule has 2 heterocycles. The van der Waals surface area contributed by atoms with E-state index in [4.69, 9.17) is 21.3 Å². The van der Waals surface area contributed by atoms with Crippen molar-refractivity contribution in [2.75, 3.05) is 6.61 Å². The van der Waals surface area contributed by atoms with E-state index in [2.05, 4.69) is 4.29 Å². The van der Waals surface area contributed by atoms with Crippen LogP contribution in [0, 0.1) is 0 Å². The molecule has 8 nitrogen and oxygen atoms in total. The molecule has 0 amide bonds. The lowest BCUT2D eigenvalue weighted by Gasteiger charge is -2.40. The maximum absolute atomic E-state index is 12.0. The van der Waals surface area contributed by atoms with Gasteiger partial charge in [-0.1, -0.05) is 18.2 Å². The molecule has 1 aromatic carbocycles. The SMILES string of the molecule is CC(=O)n1c(O[C@@H]2[C@@H](O)[C@H](O)O[C@H](COCl)[C@@H]2O)cc2ccccc21. The van der Waals surface area contributed by atoms with Gasteiger partial charge in [0.25, 0.3) is 0 Å². The van der Waals surface area contributed by atoms with Gasteiger partial charge in [0.15, 0.2) is 12.4 Å². The molecule has 0 saturated carbocycles. The second kappa shape index (κ2) is 7.28. The Morgan fingerprint density at radius 1 is 1.28 bits per heavy atom. The second-order valence-electron chi connectivity index (χ2n) is 5.80. The maximum Gasteiger partial charge on any atom is 0.230 e. The largest absolute Gasteiger partial charge is 0.469 e. The van der Waals surface area contributed by atoms with Crippen molar-refractivity contribution in [1.29, 1.82) is 0 Å². The van der Waals surface area contributed by atoms with Crippen molar-refractivity contribution in [2.24, 2.45) is 0 Å². The van der Waals surface area contributed by atoms with E-state index in [9.17, 15) is 20.1 Å². The molecule has 9 heteroatoms. The van der Waals surface area contributed by atoms with Crippen LogP contribution in [0.2, 0.25) is 0 Å². The highest BCUT2D eigenvalue weighted by molar-refractivity contribution is 6.07. The number of ether oxygens (including phenoxy) is 2. The van der Waals surface area contributed by atoms with Crippen molar-refractivity contribution in [3.8, 4) is 5.88 Å². The van der Waals surface area contributed by atoms with Crippen LogP contribution in [0.15, 0.2) is 30.3 Å². The van der Waals surface area contributed by atoms with Crippen LogP contribution in [-0.2, 0) is 9.03 Å². The zero-order valence-corrected chi connectivity index (χ0v) is 14.0. The number of aromatic nitrogens is 1. The number of carbonyl (C=O) groups is 1. The first-order valence-corrected chi connectivity index (χ1v) is 7.96. The van der Waals surface area contributed by atoms with Gasteiger partial charge in [0.2, 0.25) is 11.8 Å².